The van der Waals surface area contributed by atoms with Crippen LogP contribution in [0.15, 0.2) is 48.5 Å². The molecular formula is C28H26F17IO3S. The van der Waals surface area contributed by atoms with Crippen LogP contribution >= 0.6 is 0 Å². The number of alkyl halides is 17. The minimum atomic E-state index is -8.92. The maximum Gasteiger partial charge on any atom is 0.460 e. The van der Waals surface area contributed by atoms with Crippen molar-refractivity contribution in [1.29, 1.82) is 0 Å². The Morgan fingerprint density at radius 1 is 0.500 bits per heavy atom. The average molecular weight is 892 g/mol. The van der Waals surface area contributed by atoms with Crippen LogP contribution in [0.1, 0.15) is 50.7 Å². The fourth-order valence-corrected chi connectivity index (χ4v) is 6.22. The van der Waals surface area contributed by atoms with E-state index in [4.69, 9.17) is 0 Å². The summed E-state index contributed by atoms with van der Waals surface area (Å²) in [6.07, 6.45) is -0.294. The van der Waals surface area contributed by atoms with E-state index < -0.39 is 57.1 Å². The van der Waals surface area contributed by atoms with Crippen LogP contribution in [-0.2, 0) is 23.0 Å². The van der Waals surface area contributed by atoms with Gasteiger partial charge in [-0.1, -0.05) is 51.0 Å². The number of hydrogen-bond acceptors (Lipinski definition) is 3. The zero-order valence-corrected chi connectivity index (χ0v) is 28.3. The summed E-state index contributed by atoms with van der Waals surface area (Å²) in [5.41, 5.74) is 2.97. The molecule has 0 fully saturated rings. The predicted molar refractivity (Wildman–Crippen MR) is 138 cm³/mol. The Hall–Kier alpha value is -2.11. The third-order valence-corrected chi connectivity index (χ3v) is 10.3. The molecule has 22 heteroatoms. The van der Waals surface area contributed by atoms with Gasteiger partial charge in [0.25, 0.3) is 0 Å². The summed E-state index contributed by atoms with van der Waals surface area (Å²) < 4.78 is 247. The first-order chi connectivity index (χ1) is 22.3. The Labute approximate surface area is 284 Å². The monoisotopic (exact) mass is 892 g/mol. The number of hydrogen-bond donors (Lipinski definition) is 0. The number of benzene rings is 2. The van der Waals surface area contributed by atoms with E-state index in [0.717, 1.165) is 0 Å². The van der Waals surface area contributed by atoms with Crippen LogP contribution in [0.25, 0.3) is 0 Å². The zero-order valence-electron chi connectivity index (χ0n) is 25.3. The van der Waals surface area contributed by atoms with Crippen LogP contribution in [0.3, 0.4) is 0 Å². The summed E-state index contributed by atoms with van der Waals surface area (Å²) in [7, 11) is -8.14. The van der Waals surface area contributed by atoms with Crippen LogP contribution < -0.4 is 21.2 Å². The van der Waals surface area contributed by atoms with Crippen molar-refractivity contribution in [2.45, 2.75) is 99.3 Å². The third kappa shape index (κ3) is 8.91. The van der Waals surface area contributed by atoms with Crippen LogP contribution in [0.2, 0.25) is 0 Å². The quantitative estimate of drug-likeness (QED) is 0.110. The molecule has 50 heavy (non-hydrogen) atoms. The molecule has 0 bridgehead atoms. The number of rotatable bonds is 15. The highest BCUT2D eigenvalue weighted by Gasteiger charge is 2.95. The van der Waals surface area contributed by atoms with Crippen molar-refractivity contribution < 1.29 is 109 Å². The van der Waals surface area contributed by atoms with Crippen molar-refractivity contribution in [3.8, 4) is 0 Å². The lowest BCUT2D eigenvalue weighted by Crippen LogP contribution is -3.61. The molecule has 2 aromatic rings. The summed E-state index contributed by atoms with van der Waals surface area (Å²) in [6.45, 7) is 4.51. The largest absolute Gasteiger partial charge is 0.743 e. The molecule has 0 aliphatic carbocycles. The molecule has 2 aromatic carbocycles. The van der Waals surface area contributed by atoms with Gasteiger partial charge >= 0.3 is 68.2 Å². The summed E-state index contributed by atoms with van der Waals surface area (Å²) >= 11 is -0.0240. The van der Waals surface area contributed by atoms with Gasteiger partial charge in [-0.3, -0.25) is 0 Å². The highest BCUT2D eigenvalue weighted by Crippen LogP contribution is 2.64. The zero-order chi connectivity index (χ0) is 39.4. The maximum atomic E-state index is 13.0. The van der Waals surface area contributed by atoms with E-state index in [1.165, 1.54) is 56.8 Å². The standard InChI is InChI=1S/C20H26I.C8HF17O3S/c1-3-5-7-17-9-13-19(14-10-17)21-20-15-11-18(12-16-20)8-6-4-2;9-1(10,3(13,14)5(17,18)7(21,22)23)2(11,12)4(15,16)6(19,20)8(24,25)29(26,27)28/h9-16H,3-8H2,1-2H3;(H,26,27,28)/q+1;/p-1. The van der Waals surface area contributed by atoms with Gasteiger partial charge in [-0.15, -0.1) is 0 Å². The fourth-order valence-electron chi connectivity index (χ4n) is 3.62. The molecule has 2 rings (SSSR count). The molecule has 0 amide bonds. The van der Waals surface area contributed by atoms with E-state index in [1.54, 1.807) is 0 Å². The Morgan fingerprint density at radius 2 is 0.780 bits per heavy atom. The molecule has 0 spiro atoms. The van der Waals surface area contributed by atoms with Crippen molar-refractivity contribution in [1.82, 2.24) is 0 Å². The van der Waals surface area contributed by atoms with Gasteiger partial charge in [0.2, 0.25) is 0 Å². The Bertz CT molecular complexity index is 1440. The van der Waals surface area contributed by atoms with E-state index in [0.29, 0.717) is 0 Å². The van der Waals surface area contributed by atoms with Crippen LogP contribution in [-0.4, -0.2) is 59.9 Å². The Balaban J connectivity index is 0.000000523. The molecule has 0 aromatic heterocycles. The lowest BCUT2D eigenvalue weighted by molar-refractivity contribution is -0.597. The number of unbranched alkanes of at least 4 members (excludes halogenated alkanes) is 2. The first-order valence-corrected chi connectivity index (χ1v) is 17.4. The van der Waals surface area contributed by atoms with Gasteiger partial charge in [0.05, 0.1) is 0 Å². The minimum absolute atomic E-state index is 0.0240. The maximum absolute atomic E-state index is 13.0. The van der Waals surface area contributed by atoms with Gasteiger partial charge in [-0.2, -0.15) is 74.6 Å². The second-order valence-electron chi connectivity index (χ2n) is 10.5. The van der Waals surface area contributed by atoms with Gasteiger partial charge in [0, 0.05) is 0 Å². The normalized spacial score (nSPS) is 14.3. The van der Waals surface area contributed by atoms with Crippen molar-refractivity contribution in [2.75, 3.05) is 0 Å². The summed E-state index contributed by atoms with van der Waals surface area (Å²) in [5, 5.41) is -7.95. The topological polar surface area (TPSA) is 57.2 Å². The van der Waals surface area contributed by atoms with Gasteiger partial charge < -0.3 is 4.55 Å². The first-order valence-electron chi connectivity index (χ1n) is 13.8. The lowest BCUT2D eigenvalue weighted by atomic mass is 9.91. The Kier molecular flexibility index (Phi) is 14.6. The molecule has 0 N–H and O–H groups in total. The fraction of sp³-hybridized carbons (Fsp3) is 0.571. The van der Waals surface area contributed by atoms with Crippen molar-refractivity contribution >= 4 is 10.1 Å². The van der Waals surface area contributed by atoms with Gasteiger partial charge in [0.15, 0.2) is 17.3 Å². The molecule has 3 nitrogen and oxygen atoms in total. The molecule has 0 aliphatic rings. The molecule has 0 saturated heterocycles. The Morgan fingerprint density at radius 3 is 1.04 bits per heavy atom. The van der Waals surface area contributed by atoms with Crippen molar-refractivity contribution in [3.63, 3.8) is 0 Å². The predicted octanol–water partition coefficient (Wildman–Crippen LogP) is 7.00. The molecule has 0 atom stereocenters. The molecule has 0 saturated carbocycles. The highest BCUT2D eigenvalue weighted by molar-refractivity contribution is 7.86. The van der Waals surface area contributed by atoms with Crippen LogP contribution in [0, 0.1) is 7.14 Å². The second-order valence-corrected chi connectivity index (χ2v) is 14.9. The third-order valence-electron chi connectivity index (χ3n) is 6.69. The van der Waals surface area contributed by atoms with Gasteiger partial charge in [-0.05, 0) is 61.1 Å². The molecular weight excluding hydrogens is 866 g/mol. The van der Waals surface area contributed by atoms with Crippen LogP contribution in [0.4, 0.5) is 74.6 Å². The molecule has 0 aliphatic heterocycles. The number of halogens is 18. The lowest BCUT2D eigenvalue weighted by Gasteiger charge is -2.42. The molecule has 0 radical (unpaired) electrons. The highest BCUT2D eigenvalue weighted by atomic mass is 127. The van der Waals surface area contributed by atoms with Gasteiger partial charge in [-0.25, -0.2) is 8.42 Å². The summed E-state index contributed by atoms with van der Waals surface area (Å²) in [6, 6.07) is 18.6. The van der Waals surface area contributed by atoms with Crippen molar-refractivity contribution in [2.24, 2.45) is 0 Å². The summed E-state index contributed by atoms with van der Waals surface area (Å²) in [5.74, 6) is -52.1. The van der Waals surface area contributed by atoms with E-state index >= 15 is 0 Å². The smallest absolute Gasteiger partial charge is 0.460 e. The molecule has 0 unspecified atom stereocenters. The van der Waals surface area contributed by atoms with E-state index in [1.807, 2.05) is 0 Å². The minimum Gasteiger partial charge on any atom is -0.743 e. The second kappa shape index (κ2) is 15.9. The average Bonchev–Trinajstić information content (AvgIpc) is 2.99. The molecule has 288 valence electrons. The van der Waals surface area contributed by atoms with Crippen molar-refractivity contribution in [3.05, 3.63) is 66.8 Å². The van der Waals surface area contributed by atoms with E-state index in [9.17, 15) is 87.6 Å². The SMILES string of the molecule is CCCCc1ccc([I+]c2ccc(CCCC)cc2)cc1.O=S(=O)([O-])C(F)(F)C(F)(F)C(F)(F)C(F)(F)C(F)(F)C(F)(F)C(F)(F)C(F)(F)F. The van der Waals surface area contributed by atoms with Gasteiger partial charge in [0.1, 0.15) is 0 Å². The van der Waals surface area contributed by atoms with Crippen LogP contribution in [0.5, 0.6) is 0 Å². The summed E-state index contributed by atoms with van der Waals surface area (Å²) in [4.78, 5) is 0. The first kappa shape index (κ1) is 45.9. The van der Waals surface area contributed by atoms with E-state index in [2.05, 4.69) is 62.4 Å². The molecule has 0 heterocycles. The number of aryl methyl sites for hydroxylation is 2. The van der Waals surface area contributed by atoms with E-state index in [-0.39, 0.29) is 21.2 Å².